The van der Waals surface area contributed by atoms with Gasteiger partial charge in [0, 0.05) is 48.9 Å². The largest absolute Gasteiger partial charge is 0.392 e. The number of aliphatic hydroxyl groups excluding tert-OH is 1. The van der Waals surface area contributed by atoms with Crippen LogP contribution in [0.2, 0.25) is 0 Å². The van der Waals surface area contributed by atoms with E-state index in [-0.39, 0.29) is 6.61 Å². The summed E-state index contributed by atoms with van der Waals surface area (Å²) in [6.07, 6.45) is 6.10. The summed E-state index contributed by atoms with van der Waals surface area (Å²) in [6.45, 7) is 7.13. The molecule has 3 aromatic rings. The zero-order valence-corrected chi connectivity index (χ0v) is 15.5. The molecule has 0 unspecified atom stereocenters. The highest BCUT2D eigenvalue weighted by molar-refractivity contribution is 5.84. The highest BCUT2D eigenvalue weighted by Gasteiger charge is 2.25. The second-order valence-electron chi connectivity index (χ2n) is 7.11. The summed E-state index contributed by atoms with van der Waals surface area (Å²) in [4.78, 5) is 11.8. The lowest BCUT2D eigenvalue weighted by Gasteiger charge is -2.34. The molecule has 0 radical (unpaired) electrons. The molecule has 1 saturated heterocycles. The number of piperidine rings is 1. The van der Waals surface area contributed by atoms with Crippen LogP contribution < -0.4 is 4.90 Å². The van der Waals surface area contributed by atoms with Crippen LogP contribution in [0.15, 0.2) is 36.7 Å². The van der Waals surface area contributed by atoms with Crippen LogP contribution in [-0.4, -0.2) is 32.7 Å². The number of imidazole rings is 1. The van der Waals surface area contributed by atoms with Crippen LogP contribution in [0.4, 0.5) is 5.82 Å². The standard InChI is InChI=1S/C21H26N4O/c1-3-24-12-9-22-20(24)16-7-10-25(11-8-16)21-18(14-26)13-17-6-4-5-15(2)19(17)23-21/h4-6,9,12-13,16,26H,3,7-8,10-11,14H2,1-2H3. The van der Waals surface area contributed by atoms with Crippen LogP contribution in [0.25, 0.3) is 10.9 Å². The smallest absolute Gasteiger partial charge is 0.134 e. The van der Waals surface area contributed by atoms with Crippen molar-refractivity contribution in [2.45, 2.75) is 45.8 Å². The third-order valence-corrected chi connectivity index (χ3v) is 5.52. The van der Waals surface area contributed by atoms with Gasteiger partial charge in [0.25, 0.3) is 0 Å². The molecule has 0 bridgehead atoms. The molecule has 26 heavy (non-hydrogen) atoms. The molecule has 0 saturated carbocycles. The van der Waals surface area contributed by atoms with E-state index in [0.717, 1.165) is 54.8 Å². The molecule has 1 fully saturated rings. The van der Waals surface area contributed by atoms with Crippen molar-refractivity contribution < 1.29 is 5.11 Å². The Morgan fingerprint density at radius 3 is 2.77 bits per heavy atom. The Hall–Kier alpha value is -2.40. The summed E-state index contributed by atoms with van der Waals surface area (Å²) in [7, 11) is 0. The van der Waals surface area contributed by atoms with Gasteiger partial charge in [0.1, 0.15) is 11.6 Å². The Bertz CT molecular complexity index is 910. The van der Waals surface area contributed by atoms with Gasteiger partial charge in [0.2, 0.25) is 0 Å². The normalized spacial score (nSPS) is 15.7. The van der Waals surface area contributed by atoms with Gasteiger partial charge in [0.15, 0.2) is 0 Å². The zero-order chi connectivity index (χ0) is 18.1. The number of rotatable bonds is 4. The van der Waals surface area contributed by atoms with E-state index in [1.54, 1.807) is 0 Å². The van der Waals surface area contributed by atoms with Gasteiger partial charge in [-0.15, -0.1) is 0 Å². The lowest BCUT2D eigenvalue weighted by Crippen LogP contribution is -2.35. The van der Waals surface area contributed by atoms with Crippen LogP contribution in [-0.2, 0) is 13.2 Å². The molecule has 0 atom stereocenters. The van der Waals surface area contributed by atoms with Crippen molar-refractivity contribution in [3.8, 4) is 0 Å². The quantitative estimate of drug-likeness (QED) is 0.780. The van der Waals surface area contributed by atoms with Gasteiger partial charge in [-0.25, -0.2) is 9.97 Å². The lowest BCUT2D eigenvalue weighted by molar-refractivity contribution is 0.281. The molecular formula is C21H26N4O. The number of para-hydroxylation sites is 1. The van der Waals surface area contributed by atoms with Crippen molar-refractivity contribution in [2.75, 3.05) is 18.0 Å². The van der Waals surface area contributed by atoms with E-state index in [1.165, 1.54) is 11.4 Å². The number of hydrogen-bond acceptors (Lipinski definition) is 4. The van der Waals surface area contributed by atoms with Gasteiger partial charge in [-0.2, -0.15) is 0 Å². The van der Waals surface area contributed by atoms with E-state index >= 15 is 0 Å². The van der Waals surface area contributed by atoms with E-state index < -0.39 is 0 Å². The lowest BCUT2D eigenvalue weighted by atomic mass is 9.95. The average Bonchev–Trinajstić information content (AvgIpc) is 3.16. The second-order valence-corrected chi connectivity index (χ2v) is 7.11. The van der Waals surface area contributed by atoms with Gasteiger partial charge in [-0.1, -0.05) is 18.2 Å². The van der Waals surface area contributed by atoms with Crippen molar-refractivity contribution in [1.82, 2.24) is 14.5 Å². The van der Waals surface area contributed by atoms with Gasteiger partial charge in [0.05, 0.1) is 12.1 Å². The topological polar surface area (TPSA) is 54.2 Å². The molecule has 136 valence electrons. The van der Waals surface area contributed by atoms with E-state index in [4.69, 9.17) is 4.98 Å². The summed E-state index contributed by atoms with van der Waals surface area (Å²) in [5, 5.41) is 11.0. The number of pyridine rings is 1. The maximum Gasteiger partial charge on any atom is 0.134 e. The first-order valence-electron chi connectivity index (χ1n) is 9.47. The Kier molecular flexibility index (Phi) is 4.64. The van der Waals surface area contributed by atoms with Gasteiger partial charge in [-0.3, -0.25) is 0 Å². The minimum Gasteiger partial charge on any atom is -0.392 e. The first-order valence-corrected chi connectivity index (χ1v) is 9.47. The molecule has 5 nitrogen and oxygen atoms in total. The van der Waals surface area contributed by atoms with Gasteiger partial charge in [-0.05, 0) is 38.3 Å². The molecule has 1 aliphatic rings. The monoisotopic (exact) mass is 350 g/mol. The molecule has 1 N–H and O–H groups in total. The number of benzene rings is 1. The Balaban J connectivity index is 1.60. The first-order chi connectivity index (χ1) is 12.7. The predicted octanol–water partition coefficient (Wildman–Crippen LogP) is 3.64. The number of aliphatic hydroxyl groups is 1. The molecule has 0 amide bonds. The number of aryl methyl sites for hydroxylation is 2. The third-order valence-electron chi connectivity index (χ3n) is 5.52. The SMILES string of the molecule is CCn1ccnc1C1CCN(c2nc3c(C)cccc3cc2CO)CC1. The van der Waals surface area contributed by atoms with Crippen molar-refractivity contribution in [3.63, 3.8) is 0 Å². The Labute approximate surface area is 154 Å². The number of fused-ring (bicyclic) bond motifs is 1. The molecule has 0 spiro atoms. The summed E-state index contributed by atoms with van der Waals surface area (Å²) >= 11 is 0. The number of nitrogens with zero attached hydrogens (tertiary/aromatic N) is 4. The molecule has 3 heterocycles. The highest BCUT2D eigenvalue weighted by atomic mass is 16.3. The summed E-state index contributed by atoms with van der Waals surface area (Å²) in [6, 6.07) is 8.28. The molecule has 5 heteroatoms. The fourth-order valence-corrected chi connectivity index (χ4v) is 4.07. The molecule has 1 aliphatic heterocycles. The maximum absolute atomic E-state index is 9.87. The summed E-state index contributed by atoms with van der Waals surface area (Å²) in [5.74, 6) is 2.64. The first kappa shape index (κ1) is 17.0. The average molecular weight is 350 g/mol. The Morgan fingerprint density at radius 1 is 1.23 bits per heavy atom. The van der Waals surface area contributed by atoms with Crippen LogP contribution in [0.3, 0.4) is 0 Å². The number of aromatic nitrogens is 3. The van der Waals surface area contributed by atoms with Crippen LogP contribution in [0.1, 0.15) is 42.6 Å². The van der Waals surface area contributed by atoms with Crippen molar-refractivity contribution >= 4 is 16.7 Å². The molecule has 0 aliphatic carbocycles. The van der Waals surface area contributed by atoms with E-state index in [2.05, 4.69) is 52.7 Å². The van der Waals surface area contributed by atoms with E-state index in [9.17, 15) is 5.11 Å². The van der Waals surface area contributed by atoms with E-state index in [1.807, 2.05) is 12.3 Å². The highest BCUT2D eigenvalue weighted by Crippen LogP contribution is 2.32. The minimum absolute atomic E-state index is 0.0202. The summed E-state index contributed by atoms with van der Waals surface area (Å²) in [5.41, 5.74) is 3.12. The van der Waals surface area contributed by atoms with E-state index in [0.29, 0.717) is 5.92 Å². The third kappa shape index (κ3) is 2.97. The van der Waals surface area contributed by atoms with Crippen LogP contribution in [0, 0.1) is 6.92 Å². The number of hydrogen-bond donors (Lipinski definition) is 1. The second kappa shape index (κ2) is 7.08. The van der Waals surface area contributed by atoms with Crippen LogP contribution in [0.5, 0.6) is 0 Å². The minimum atomic E-state index is 0.0202. The molecule has 4 rings (SSSR count). The van der Waals surface area contributed by atoms with Crippen molar-refractivity contribution in [3.05, 3.63) is 53.6 Å². The fraction of sp³-hybridized carbons (Fsp3) is 0.429. The molecule has 2 aromatic heterocycles. The predicted molar refractivity (Wildman–Crippen MR) is 104 cm³/mol. The van der Waals surface area contributed by atoms with Crippen LogP contribution >= 0.6 is 0 Å². The molecular weight excluding hydrogens is 324 g/mol. The maximum atomic E-state index is 9.87. The fourth-order valence-electron chi connectivity index (χ4n) is 4.07. The summed E-state index contributed by atoms with van der Waals surface area (Å²) < 4.78 is 2.25. The number of anilines is 1. The molecule has 1 aromatic carbocycles. The van der Waals surface area contributed by atoms with Crippen molar-refractivity contribution in [2.24, 2.45) is 0 Å². The van der Waals surface area contributed by atoms with Gasteiger partial charge < -0.3 is 14.6 Å². The van der Waals surface area contributed by atoms with Crippen molar-refractivity contribution in [1.29, 1.82) is 0 Å². The zero-order valence-electron chi connectivity index (χ0n) is 15.5. The van der Waals surface area contributed by atoms with Gasteiger partial charge >= 0.3 is 0 Å². The Morgan fingerprint density at radius 2 is 2.04 bits per heavy atom.